The van der Waals surface area contributed by atoms with Crippen molar-refractivity contribution >= 4 is 17.9 Å². The molecule has 0 spiro atoms. The average molecular weight is 841 g/mol. The molecule has 0 saturated carbocycles. The molecular formula is C54H96O6. The van der Waals surface area contributed by atoms with Crippen molar-refractivity contribution in [3.8, 4) is 0 Å². The Balaban J connectivity index is 4.40. The lowest BCUT2D eigenvalue weighted by Crippen LogP contribution is -2.30. The number of hydrogen-bond acceptors (Lipinski definition) is 6. The minimum absolute atomic E-state index is 0.0888. The van der Waals surface area contributed by atoms with Gasteiger partial charge in [-0.1, -0.05) is 211 Å². The van der Waals surface area contributed by atoms with Gasteiger partial charge in [0.15, 0.2) is 6.10 Å². The van der Waals surface area contributed by atoms with Gasteiger partial charge in [0.2, 0.25) is 0 Å². The van der Waals surface area contributed by atoms with E-state index in [1.165, 1.54) is 141 Å². The average Bonchev–Trinajstić information content (AvgIpc) is 3.24. The first-order valence-electron chi connectivity index (χ1n) is 25.6. The lowest BCUT2D eigenvalue weighted by atomic mass is 10.0. The van der Waals surface area contributed by atoms with E-state index in [0.717, 1.165) is 70.6 Å². The topological polar surface area (TPSA) is 78.9 Å². The van der Waals surface area contributed by atoms with E-state index in [-0.39, 0.29) is 37.5 Å². The molecule has 0 rings (SSSR count). The highest BCUT2D eigenvalue weighted by Gasteiger charge is 2.19. The molecule has 0 N–H and O–H groups in total. The molecule has 0 radical (unpaired) electrons. The SMILES string of the molecule is CCCC/C=C\CCCCCCCC(=O)OC[C@H](COC(=O)CCCCCCCCCCCCCCCCCC)OC(=O)CCCC/C=C\C/C=C\C/C=C\CCCCC. The molecule has 0 aliphatic carbocycles. The Kier molecular flexibility index (Phi) is 46.9. The second-order valence-electron chi connectivity index (χ2n) is 17.1. The Bertz CT molecular complexity index is 1060. The Morgan fingerprint density at radius 1 is 0.333 bits per heavy atom. The van der Waals surface area contributed by atoms with E-state index in [4.69, 9.17) is 14.2 Å². The van der Waals surface area contributed by atoms with E-state index < -0.39 is 6.10 Å². The Labute approximate surface area is 371 Å². The highest BCUT2D eigenvalue weighted by Crippen LogP contribution is 2.15. The quantitative estimate of drug-likeness (QED) is 0.0263. The van der Waals surface area contributed by atoms with E-state index in [1.54, 1.807) is 0 Å². The van der Waals surface area contributed by atoms with Gasteiger partial charge in [-0.15, -0.1) is 0 Å². The molecule has 0 saturated heterocycles. The van der Waals surface area contributed by atoms with Crippen molar-refractivity contribution < 1.29 is 28.6 Å². The lowest BCUT2D eigenvalue weighted by Gasteiger charge is -2.18. The number of hydrogen-bond donors (Lipinski definition) is 0. The molecule has 0 heterocycles. The van der Waals surface area contributed by atoms with Crippen molar-refractivity contribution in [1.29, 1.82) is 0 Å². The van der Waals surface area contributed by atoms with E-state index in [0.29, 0.717) is 19.3 Å². The highest BCUT2D eigenvalue weighted by molar-refractivity contribution is 5.71. The van der Waals surface area contributed by atoms with Crippen LogP contribution in [0.5, 0.6) is 0 Å². The van der Waals surface area contributed by atoms with Gasteiger partial charge in [0.25, 0.3) is 0 Å². The zero-order valence-electron chi connectivity index (χ0n) is 39.7. The molecule has 0 aromatic carbocycles. The summed E-state index contributed by atoms with van der Waals surface area (Å²) in [6, 6.07) is 0. The number of carbonyl (C=O) groups excluding carboxylic acids is 3. The van der Waals surface area contributed by atoms with Gasteiger partial charge in [0, 0.05) is 19.3 Å². The number of esters is 3. The molecule has 0 aliphatic rings. The number of carbonyl (C=O) groups is 3. The molecule has 0 fully saturated rings. The molecule has 0 aromatic heterocycles. The highest BCUT2D eigenvalue weighted by atomic mass is 16.6. The van der Waals surface area contributed by atoms with E-state index in [1.807, 2.05) is 0 Å². The van der Waals surface area contributed by atoms with Crippen molar-refractivity contribution in [3.05, 3.63) is 48.6 Å². The third-order valence-electron chi connectivity index (χ3n) is 11.1. The summed E-state index contributed by atoms with van der Waals surface area (Å²) in [5.74, 6) is -0.931. The Morgan fingerprint density at radius 2 is 0.617 bits per heavy atom. The van der Waals surface area contributed by atoms with E-state index in [9.17, 15) is 14.4 Å². The third kappa shape index (κ3) is 46.4. The lowest BCUT2D eigenvalue weighted by molar-refractivity contribution is -0.167. The number of ether oxygens (including phenoxy) is 3. The maximum Gasteiger partial charge on any atom is 0.306 e. The van der Waals surface area contributed by atoms with Crippen LogP contribution in [0.1, 0.15) is 258 Å². The maximum atomic E-state index is 12.8. The molecule has 0 amide bonds. The maximum absolute atomic E-state index is 12.8. The van der Waals surface area contributed by atoms with Gasteiger partial charge in [0.1, 0.15) is 13.2 Å². The fourth-order valence-corrected chi connectivity index (χ4v) is 7.14. The summed E-state index contributed by atoms with van der Waals surface area (Å²) in [7, 11) is 0. The summed E-state index contributed by atoms with van der Waals surface area (Å²) < 4.78 is 16.7. The van der Waals surface area contributed by atoms with Gasteiger partial charge >= 0.3 is 17.9 Å². The minimum atomic E-state index is -0.792. The summed E-state index contributed by atoms with van der Waals surface area (Å²) >= 11 is 0. The van der Waals surface area contributed by atoms with Crippen LogP contribution in [0.3, 0.4) is 0 Å². The first-order valence-corrected chi connectivity index (χ1v) is 25.6. The summed E-state index contributed by atoms with van der Waals surface area (Å²) in [5.41, 5.74) is 0. The molecule has 0 aliphatic heterocycles. The van der Waals surface area contributed by atoms with Crippen LogP contribution >= 0.6 is 0 Å². The fraction of sp³-hybridized carbons (Fsp3) is 0.796. The van der Waals surface area contributed by atoms with Gasteiger partial charge in [0.05, 0.1) is 0 Å². The van der Waals surface area contributed by atoms with Crippen molar-refractivity contribution in [1.82, 2.24) is 0 Å². The molecule has 60 heavy (non-hydrogen) atoms. The molecule has 6 heteroatoms. The zero-order valence-corrected chi connectivity index (χ0v) is 39.7. The van der Waals surface area contributed by atoms with Crippen LogP contribution in [0.15, 0.2) is 48.6 Å². The fourth-order valence-electron chi connectivity index (χ4n) is 7.14. The van der Waals surface area contributed by atoms with Crippen LogP contribution in [0.2, 0.25) is 0 Å². The third-order valence-corrected chi connectivity index (χ3v) is 11.1. The van der Waals surface area contributed by atoms with Gasteiger partial charge in [-0.05, 0) is 77.0 Å². The summed E-state index contributed by atoms with van der Waals surface area (Å²) in [6.45, 7) is 6.54. The molecule has 348 valence electrons. The van der Waals surface area contributed by atoms with Gasteiger partial charge in [-0.2, -0.15) is 0 Å². The first-order chi connectivity index (χ1) is 29.5. The molecule has 1 atom stereocenters. The van der Waals surface area contributed by atoms with Crippen molar-refractivity contribution in [2.75, 3.05) is 13.2 Å². The van der Waals surface area contributed by atoms with Crippen molar-refractivity contribution in [2.45, 2.75) is 264 Å². The van der Waals surface area contributed by atoms with E-state index in [2.05, 4.69) is 69.4 Å². The largest absolute Gasteiger partial charge is 0.462 e. The van der Waals surface area contributed by atoms with Crippen LogP contribution in [0.4, 0.5) is 0 Å². The second kappa shape index (κ2) is 49.0. The zero-order chi connectivity index (χ0) is 43.7. The standard InChI is InChI=1S/C54H96O6/c1-4-7-10-13-16-19-22-24-26-28-29-32-35-38-41-44-47-53(56)59-50-51(49-58-52(55)46-43-40-37-34-31-21-18-15-12-9-6-3)60-54(57)48-45-42-39-36-33-30-27-25-23-20-17-14-11-8-5-2/h15,17-18,20,25,27,33,36,51H,4-14,16,19,21-24,26,28-32,34-35,37-50H2,1-3H3/b18-15-,20-17-,27-25-,36-33-/t51-/m1/s1. The normalized spacial score (nSPS) is 12.4. The van der Waals surface area contributed by atoms with E-state index >= 15 is 0 Å². The van der Waals surface area contributed by atoms with Gasteiger partial charge in [-0.3, -0.25) is 14.4 Å². The molecule has 0 aromatic rings. The second-order valence-corrected chi connectivity index (χ2v) is 17.1. The van der Waals surface area contributed by atoms with Crippen LogP contribution in [0.25, 0.3) is 0 Å². The summed E-state index contributed by atoms with van der Waals surface area (Å²) in [5, 5.41) is 0. The Morgan fingerprint density at radius 3 is 1.07 bits per heavy atom. The van der Waals surface area contributed by atoms with Gasteiger partial charge in [-0.25, -0.2) is 0 Å². The van der Waals surface area contributed by atoms with Crippen LogP contribution in [0, 0.1) is 0 Å². The predicted molar refractivity (Wildman–Crippen MR) is 256 cm³/mol. The van der Waals surface area contributed by atoms with Crippen LogP contribution < -0.4 is 0 Å². The number of unbranched alkanes of at least 4 members (excludes halogenated alkanes) is 27. The number of rotatable bonds is 46. The van der Waals surface area contributed by atoms with Crippen LogP contribution in [-0.2, 0) is 28.6 Å². The molecule has 6 nitrogen and oxygen atoms in total. The van der Waals surface area contributed by atoms with Crippen molar-refractivity contribution in [3.63, 3.8) is 0 Å². The molecule has 0 unspecified atom stereocenters. The monoisotopic (exact) mass is 841 g/mol. The van der Waals surface area contributed by atoms with Gasteiger partial charge < -0.3 is 14.2 Å². The predicted octanol–water partition coefficient (Wildman–Crippen LogP) is 16.7. The number of allylic oxidation sites excluding steroid dienone is 8. The molecule has 0 bridgehead atoms. The minimum Gasteiger partial charge on any atom is -0.462 e. The van der Waals surface area contributed by atoms with Crippen molar-refractivity contribution in [2.24, 2.45) is 0 Å². The smallest absolute Gasteiger partial charge is 0.306 e. The Hall–Kier alpha value is -2.63. The van der Waals surface area contributed by atoms with Crippen LogP contribution in [-0.4, -0.2) is 37.2 Å². The molecular weight excluding hydrogens is 745 g/mol. The summed E-state index contributed by atoms with van der Waals surface area (Å²) in [6.07, 6.45) is 58.1. The first kappa shape index (κ1) is 57.4. The summed E-state index contributed by atoms with van der Waals surface area (Å²) in [4.78, 5) is 37.9.